The Labute approximate surface area is 121 Å². The third kappa shape index (κ3) is 2.48. The summed E-state index contributed by atoms with van der Waals surface area (Å²) in [7, 11) is 2.21. The van der Waals surface area contributed by atoms with Gasteiger partial charge in [0, 0.05) is 31.1 Å². The van der Waals surface area contributed by atoms with Crippen molar-refractivity contribution in [2.24, 2.45) is 0 Å². The molecule has 108 valence electrons. The van der Waals surface area contributed by atoms with Gasteiger partial charge in [-0.15, -0.1) is 0 Å². The third-order valence-electron chi connectivity index (χ3n) is 4.60. The summed E-state index contributed by atoms with van der Waals surface area (Å²) in [6, 6.07) is 7.06. The molecule has 0 spiro atoms. The second-order valence-corrected chi connectivity index (χ2v) is 6.21. The highest BCUT2D eigenvalue weighted by atomic mass is 16.3. The maximum absolute atomic E-state index is 6.06. The molecule has 2 heterocycles. The van der Waals surface area contributed by atoms with Crippen molar-refractivity contribution in [2.75, 3.05) is 26.7 Å². The zero-order valence-electron chi connectivity index (χ0n) is 12.9. The van der Waals surface area contributed by atoms with E-state index in [0.717, 1.165) is 37.5 Å². The van der Waals surface area contributed by atoms with E-state index in [1.807, 2.05) is 0 Å². The molecule has 0 amide bonds. The van der Waals surface area contributed by atoms with Crippen molar-refractivity contribution >= 4 is 11.0 Å². The average molecular weight is 272 g/mol. The molecule has 20 heavy (non-hydrogen) atoms. The lowest BCUT2D eigenvalue weighted by atomic mass is 10.1. The largest absolute Gasteiger partial charge is 0.459 e. The highest BCUT2D eigenvalue weighted by Gasteiger charge is 2.22. The number of likely N-dealkylation sites (N-methyl/N-ethyl adjacent to an activating group) is 1. The van der Waals surface area contributed by atoms with E-state index in [1.54, 1.807) is 0 Å². The van der Waals surface area contributed by atoms with Gasteiger partial charge >= 0.3 is 0 Å². The first-order chi connectivity index (χ1) is 9.54. The fourth-order valence-corrected chi connectivity index (χ4v) is 3.01. The molecule has 0 aliphatic carbocycles. The van der Waals surface area contributed by atoms with Gasteiger partial charge in [0.05, 0.1) is 6.54 Å². The molecule has 0 radical (unpaired) electrons. The average Bonchev–Trinajstić information content (AvgIpc) is 2.71. The third-order valence-corrected chi connectivity index (χ3v) is 4.60. The molecular formula is C17H24N2O. The van der Waals surface area contributed by atoms with E-state index in [0.29, 0.717) is 6.04 Å². The first-order valence-corrected chi connectivity index (χ1v) is 7.46. The second kappa shape index (κ2) is 5.23. The minimum absolute atomic E-state index is 0.621. The molecule has 1 aliphatic heterocycles. The van der Waals surface area contributed by atoms with E-state index in [9.17, 15) is 0 Å². The summed E-state index contributed by atoms with van der Waals surface area (Å²) in [6.07, 6.45) is 0. The first kappa shape index (κ1) is 13.7. The standard InChI is InChI=1S/C17H24N2O/c1-12-5-6-16-15(9-12)14(3)17(20-16)11-19-8-7-18(4)13(2)10-19/h5-6,9,13H,7-8,10-11H2,1-4H3. The van der Waals surface area contributed by atoms with Crippen LogP contribution in [0, 0.1) is 13.8 Å². The van der Waals surface area contributed by atoms with Gasteiger partial charge in [-0.25, -0.2) is 0 Å². The van der Waals surface area contributed by atoms with Crippen LogP contribution >= 0.6 is 0 Å². The van der Waals surface area contributed by atoms with E-state index in [-0.39, 0.29) is 0 Å². The number of fused-ring (bicyclic) bond motifs is 1. The first-order valence-electron chi connectivity index (χ1n) is 7.46. The fourth-order valence-electron chi connectivity index (χ4n) is 3.01. The highest BCUT2D eigenvalue weighted by Crippen LogP contribution is 2.27. The molecule has 1 aromatic heterocycles. The zero-order valence-corrected chi connectivity index (χ0v) is 12.9. The Balaban J connectivity index is 1.82. The Bertz CT molecular complexity index is 617. The van der Waals surface area contributed by atoms with E-state index >= 15 is 0 Å². The van der Waals surface area contributed by atoms with Crippen LogP contribution in [-0.2, 0) is 6.54 Å². The number of piperazine rings is 1. The van der Waals surface area contributed by atoms with Gasteiger partial charge in [-0.2, -0.15) is 0 Å². The Morgan fingerprint density at radius 1 is 1.25 bits per heavy atom. The van der Waals surface area contributed by atoms with Crippen LogP contribution in [0.3, 0.4) is 0 Å². The second-order valence-electron chi connectivity index (χ2n) is 6.21. The van der Waals surface area contributed by atoms with Crippen LogP contribution in [0.15, 0.2) is 22.6 Å². The van der Waals surface area contributed by atoms with Gasteiger partial charge in [0.2, 0.25) is 0 Å². The molecule has 0 bridgehead atoms. The summed E-state index contributed by atoms with van der Waals surface area (Å²) in [6.45, 7) is 10.9. The molecule has 3 heteroatoms. The van der Waals surface area contributed by atoms with Crippen LogP contribution < -0.4 is 0 Å². The van der Waals surface area contributed by atoms with Gasteiger partial charge in [0.15, 0.2) is 0 Å². The van der Waals surface area contributed by atoms with Gasteiger partial charge in [0.1, 0.15) is 11.3 Å². The van der Waals surface area contributed by atoms with Crippen LogP contribution in [0.1, 0.15) is 23.8 Å². The van der Waals surface area contributed by atoms with Crippen molar-refractivity contribution < 1.29 is 4.42 Å². The number of rotatable bonds is 2. The molecule has 1 unspecified atom stereocenters. The molecule has 1 atom stereocenters. The molecule has 1 fully saturated rings. The van der Waals surface area contributed by atoms with Gasteiger partial charge in [0.25, 0.3) is 0 Å². The summed E-state index contributed by atoms with van der Waals surface area (Å²) in [5, 5.41) is 1.27. The number of hydrogen-bond acceptors (Lipinski definition) is 3. The van der Waals surface area contributed by atoms with Crippen LogP contribution in [0.2, 0.25) is 0 Å². The zero-order chi connectivity index (χ0) is 14.3. The van der Waals surface area contributed by atoms with Crippen LogP contribution in [0.5, 0.6) is 0 Å². The van der Waals surface area contributed by atoms with Gasteiger partial charge < -0.3 is 9.32 Å². The minimum Gasteiger partial charge on any atom is -0.459 e. The molecular weight excluding hydrogens is 248 g/mol. The maximum Gasteiger partial charge on any atom is 0.134 e. The maximum atomic E-state index is 6.06. The Hall–Kier alpha value is -1.32. The number of hydrogen-bond donors (Lipinski definition) is 0. The van der Waals surface area contributed by atoms with E-state index in [2.05, 4.69) is 55.8 Å². The normalized spacial score (nSPS) is 21.7. The highest BCUT2D eigenvalue weighted by molar-refractivity contribution is 5.82. The summed E-state index contributed by atoms with van der Waals surface area (Å²) in [4.78, 5) is 4.92. The van der Waals surface area contributed by atoms with Crippen molar-refractivity contribution in [3.8, 4) is 0 Å². The number of furan rings is 1. The fraction of sp³-hybridized carbons (Fsp3) is 0.529. The van der Waals surface area contributed by atoms with Crippen molar-refractivity contribution in [3.05, 3.63) is 35.1 Å². The molecule has 2 aromatic rings. The van der Waals surface area contributed by atoms with Gasteiger partial charge in [-0.1, -0.05) is 11.6 Å². The molecule has 3 rings (SSSR count). The molecule has 1 aromatic carbocycles. The smallest absolute Gasteiger partial charge is 0.134 e. The lowest BCUT2D eigenvalue weighted by Crippen LogP contribution is -2.49. The summed E-state index contributed by atoms with van der Waals surface area (Å²) < 4.78 is 6.06. The van der Waals surface area contributed by atoms with Crippen LogP contribution in [0.4, 0.5) is 0 Å². The molecule has 0 saturated carbocycles. The summed E-state index contributed by atoms with van der Waals surface area (Å²) >= 11 is 0. The number of aryl methyl sites for hydroxylation is 2. The van der Waals surface area contributed by atoms with Gasteiger partial charge in [-0.3, -0.25) is 4.90 Å². The molecule has 1 aliphatic rings. The number of benzene rings is 1. The molecule has 1 saturated heterocycles. The predicted octanol–water partition coefficient (Wildman–Crippen LogP) is 3.19. The molecule has 0 N–H and O–H groups in total. The number of nitrogens with zero attached hydrogens (tertiary/aromatic N) is 2. The summed E-state index contributed by atoms with van der Waals surface area (Å²) in [5.41, 5.74) is 3.61. The van der Waals surface area contributed by atoms with Crippen LogP contribution in [0.25, 0.3) is 11.0 Å². The minimum atomic E-state index is 0.621. The van der Waals surface area contributed by atoms with Crippen LogP contribution in [-0.4, -0.2) is 42.5 Å². The van der Waals surface area contributed by atoms with E-state index in [1.165, 1.54) is 16.5 Å². The Morgan fingerprint density at radius 3 is 2.80 bits per heavy atom. The Kier molecular flexibility index (Phi) is 3.57. The Morgan fingerprint density at radius 2 is 2.05 bits per heavy atom. The topological polar surface area (TPSA) is 19.6 Å². The van der Waals surface area contributed by atoms with E-state index < -0.39 is 0 Å². The predicted molar refractivity (Wildman–Crippen MR) is 83.1 cm³/mol. The van der Waals surface area contributed by atoms with Crippen molar-refractivity contribution in [1.82, 2.24) is 9.80 Å². The lowest BCUT2D eigenvalue weighted by Gasteiger charge is -2.37. The van der Waals surface area contributed by atoms with Gasteiger partial charge in [-0.05, 0) is 45.5 Å². The van der Waals surface area contributed by atoms with Crippen molar-refractivity contribution in [3.63, 3.8) is 0 Å². The monoisotopic (exact) mass is 272 g/mol. The van der Waals surface area contributed by atoms with Crippen molar-refractivity contribution in [1.29, 1.82) is 0 Å². The SMILES string of the molecule is Cc1ccc2oc(CN3CCN(C)C(C)C3)c(C)c2c1. The lowest BCUT2D eigenvalue weighted by molar-refractivity contribution is 0.0949. The summed E-state index contributed by atoms with van der Waals surface area (Å²) in [5.74, 6) is 1.13. The van der Waals surface area contributed by atoms with E-state index in [4.69, 9.17) is 4.42 Å². The molecule has 3 nitrogen and oxygen atoms in total. The quantitative estimate of drug-likeness (QED) is 0.837. The van der Waals surface area contributed by atoms with Crippen molar-refractivity contribution in [2.45, 2.75) is 33.4 Å².